The summed E-state index contributed by atoms with van der Waals surface area (Å²) in [7, 11) is 1.50. The second-order valence-corrected chi connectivity index (χ2v) is 3.65. The van der Waals surface area contributed by atoms with Crippen LogP contribution >= 0.6 is 0 Å². The Morgan fingerprint density at radius 3 is 2.88 bits per heavy atom. The molecule has 5 heteroatoms. The maximum Gasteiger partial charge on any atom is 0.255 e. The van der Waals surface area contributed by atoms with Crippen molar-refractivity contribution in [2.75, 3.05) is 26.0 Å². The number of hydrogen-bond acceptors (Lipinski definition) is 4. The van der Waals surface area contributed by atoms with Crippen LogP contribution in [0.25, 0.3) is 0 Å². The van der Waals surface area contributed by atoms with E-state index >= 15 is 0 Å². The van der Waals surface area contributed by atoms with E-state index in [4.69, 9.17) is 15.6 Å². The quantitative estimate of drug-likeness (QED) is 0.505. The topological polar surface area (TPSA) is 84.6 Å². The van der Waals surface area contributed by atoms with Crippen molar-refractivity contribution in [2.45, 2.75) is 12.8 Å². The van der Waals surface area contributed by atoms with Gasteiger partial charge in [0.1, 0.15) is 5.75 Å². The molecular formula is C12H18N2O3. The number of nitrogens with two attached hydrogens (primary N) is 1. The third kappa shape index (κ3) is 3.96. The smallest absolute Gasteiger partial charge is 0.255 e. The molecule has 94 valence electrons. The van der Waals surface area contributed by atoms with Crippen molar-refractivity contribution >= 4 is 11.6 Å². The van der Waals surface area contributed by atoms with E-state index in [0.29, 0.717) is 30.0 Å². The Hall–Kier alpha value is -1.75. The first kappa shape index (κ1) is 13.3. The number of nitrogens with one attached hydrogen (secondary N) is 1. The Morgan fingerprint density at radius 2 is 2.24 bits per heavy atom. The van der Waals surface area contributed by atoms with Gasteiger partial charge in [0.05, 0.1) is 12.7 Å². The van der Waals surface area contributed by atoms with E-state index in [2.05, 4.69) is 5.32 Å². The number of rotatable bonds is 6. The number of aliphatic hydroxyl groups is 1. The fourth-order valence-electron chi connectivity index (χ4n) is 1.43. The molecule has 0 atom stereocenters. The zero-order valence-electron chi connectivity index (χ0n) is 9.90. The SMILES string of the molecule is COc1cc(N)ccc1C(=O)NCCCCO. The van der Waals surface area contributed by atoms with E-state index in [1.807, 2.05) is 0 Å². The summed E-state index contributed by atoms with van der Waals surface area (Å²) in [5, 5.41) is 11.4. The zero-order chi connectivity index (χ0) is 12.7. The largest absolute Gasteiger partial charge is 0.496 e. The molecule has 0 aliphatic rings. The van der Waals surface area contributed by atoms with E-state index in [1.165, 1.54) is 7.11 Å². The van der Waals surface area contributed by atoms with Crippen LogP contribution < -0.4 is 15.8 Å². The molecule has 0 saturated heterocycles. The van der Waals surface area contributed by atoms with Crippen LogP contribution in [0.2, 0.25) is 0 Å². The minimum Gasteiger partial charge on any atom is -0.496 e. The first-order valence-electron chi connectivity index (χ1n) is 5.51. The van der Waals surface area contributed by atoms with Crippen LogP contribution in [0.5, 0.6) is 5.75 Å². The Bertz CT molecular complexity index is 380. The van der Waals surface area contributed by atoms with Crippen LogP contribution in [0.15, 0.2) is 18.2 Å². The van der Waals surface area contributed by atoms with Gasteiger partial charge in [0.25, 0.3) is 5.91 Å². The molecule has 1 rings (SSSR count). The maximum absolute atomic E-state index is 11.8. The zero-order valence-corrected chi connectivity index (χ0v) is 9.90. The summed E-state index contributed by atoms with van der Waals surface area (Å²) in [5.74, 6) is 0.268. The Balaban J connectivity index is 2.62. The predicted molar refractivity (Wildman–Crippen MR) is 66.1 cm³/mol. The summed E-state index contributed by atoms with van der Waals surface area (Å²) in [6, 6.07) is 4.91. The maximum atomic E-state index is 11.8. The van der Waals surface area contributed by atoms with Crippen molar-refractivity contribution in [3.63, 3.8) is 0 Å². The van der Waals surface area contributed by atoms with Gasteiger partial charge in [-0.15, -0.1) is 0 Å². The monoisotopic (exact) mass is 238 g/mol. The number of ether oxygens (including phenoxy) is 1. The van der Waals surface area contributed by atoms with E-state index < -0.39 is 0 Å². The van der Waals surface area contributed by atoms with Crippen LogP contribution in [0.1, 0.15) is 23.2 Å². The number of unbranched alkanes of at least 4 members (excludes halogenated alkanes) is 1. The molecule has 1 aromatic carbocycles. The molecule has 0 aliphatic carbocycles. The summed E-state index contributed by atoms with van der Waals surface area (Å²) < 4.78 is 5.09. The summed E-state index contributed by atoms with van der Waals surface area (Å²) >= 11 is 0. The second kappa shape index (κ2) is 6.75. The Morgan fingerprint density at radius 1 is 1.47 bits per heavy atom. The minimum absolute atomic E-state index is 0.140. The molecule has 0 radical (unpaired) electrons. The molecule has 0 saturated carbocycles. The predicted octanol–water partition coefficient (Wildman–Crippen LogP) is 0.780. The molecule has 0 bridgehead atoms. The molecule has 0 aromatic heterocycles. The van der Waals surface area contributed by atoms with Gasteiger partial charge in [0, 0.05) is 24.9 Å². The first-order valence-corrected chi connectivity index (χ1v) is 5.51. The van der Waals surface area contributed by atoms with Gasteiger partial charge < -0.3 is 20.9 Å². The lowest BCUT2D eigenvalue weighted by atomic mass is 10.1. The highest BCUT2D eigenvalue weighted by Gasteiger charge is 2.11. The van der Waals surface area contributed by atoms with Crippen LogP contribution in [0, 0.1) is 0 Å². The number of carbonyl (C=O) groups is 1. The highest BCUT2D eigenvalue weighted by molar-refractivity contribution is 5.97. The van der Waals surface area contributed by atoms with E-state index in [0.717, 1.165) is 6.42 Å². The van der Waals surface area contributed by atoms with Gasteiger partial charge in [0.2, 0.25) is 0 Å². The summed E-state index contributed by atoms with van der Waals surface area (Å²) in [6.07, 6.45) is 1.43. The molecule has 1 amide bonds. The second-order valence-electron chi connectivity index (χ2n) is 3.65. The molecule has 5 nitrogen and oxygen atoms in total. The van der Waals surface area contributed by atoms with Gasteiger partial charge in [-0.1, -0.05) is 0 Å². The summed E-state index contributed by atoms with van der Waals surface area (Å²) in [6.45, 7) is 0.675. The average molecular weight is 238 g/mol. The number of hydrogen-bond donors (Lipinski definition) is 3. The molecule has 0 spiro atoms. The highest BCUT2D eigenvalue weighted by atomic mass is 16.5. The van der Waals surface area contributed by atoms with E-state index in [9.17, 15) is 4.79 Å². The van der Waals surface area contributed by atoms with Crippen molar-refractivity contribution in [3.8, 4) is 5.75 Å². The van der Waals surface area contributed by atoms with Crippen molar-refractivity contribution in [3.05, 3.63) is 23.8 Å². The van der Waals surface area contributed by atoms with Crippen molar-refractivity contribution in [1.82, 2.24) is 5.32 Å². The van der Waals surface area contributed by atoms with E-state index in [-0.39, 0.29) is 12.5 Å². The minimum atomic E-state index is -0.195. The fourth-order valence-corrected chi connectivity index (χ4v) is 1.43. The number of methoxy groups -OCH3 is 1. The van der Waals surface area contributed by atoms with Crippen molar-refractivity contribution in [1.29, 1.82) is 0 Å². The number of benzene rings is 1. The summed E-state index contributed by atoms with van der Waals surface area (Å²) in [4.78, 5) is 11.8. The Labute approximate surface area is 101 Å². The fraction of sp³-hybridized carbons (Fsp3) is 0.417. The lowest BCUT2D eigenvalue weighted by molar-refractivity contribution is 0.0949. The number of aliphatic hydroxyl groups excluding tert-OH is 1. The van der Waals surface area contributed by atoms with Crippen molar-refractivity contribution in [2.24, 2.45) is 0 Å². The van der Waals surface area contributed by atoms with Crippen LogP contribution in [0.4, 0.5) is 5.69 Å². The molecule has 0 unspecified atom stereocenters. The van der Waals surface area contributed by atoms with Gasteiger partial charge in [-0.3, -0.25) is 4.79 Å². The number of nitrogen functional groups attached to an aromatic ring is 1. The molecule has 17 heavy (non-hydrogen) atoms. The standard InChI is InChI=1S/C12H18N2O3/c1-17-11-8-9(13)4-5-10(11)12(16)14-6-2-3-7-15/h4-5,8,15H,2-3,6-7,13H2,1H3,(H,14,16). The molecule has 0 heterocycles. The molecular weight excluding hydrogens is 220 g/mol. The van der Waals surface area contributed by atoms with Gasteiger partial charge in [-0.25, -0.2) is 0 Å². The first-order chi connectivity index (χ1) is 8.19. The van der Waals surface area contributed by atoms with Gasteiger partial charge in [-0.05, 0) is 25.0 Å². The van der Waals surface area contributed by atoms with Gasteiger partial charge in [0.15, 0.2) is 0 Å². The number of amides is 1. The van der Waals surface area contributed by atoms with Crippen molar-refractivity contribution < 1.29 is 14.6 Å². The molecule has 4 N–H and O–H groups in total. The number of carbonyl (C=O) groups excluding carboxylic acids is 1. The third-order valence-electron chi connectivity index (χ3n) is 2.34. The van der Waals surface area contributed by atoms with Crippen LogP contribution in [-0.2, 0) is 0 Å². The van der Waals surface area contributed by atoms with Gasteiger partial charge in [-0.2, -0.15) is 0 Å². The third-order valence-corrected chi connectivity index (χ3v) is 2.34. The average Bonchev–Trinajstić information content (AvgIpc) is 2.34. The molecule has 0 aliphatic heterocycles. The van der Waals surface area contributed by atoms with Crippen LogP contribution in [0.3, 0.4) is 0 Å². The molecule has 1 aromatic rings. The van der Waals surface area contributed by atoms with Crippen LogP contribution in [-0.4, -0.2) is 31.3 Å². The van der Waals surface area contributed by atoms with Gasteiger partial charge >= 0.3 is 0 Å². The molecule has 0 fully saturated rings. The highest BCUT2D eigenvalue weighted by Crippen LogP contribution is 2.21. The summed E-state index contributed by atoms with van der Waals surface area (Å²) in [5.41, 5.74) is 6.62. The van der Waals surface area contributed by atoms with E-state index in [1.54, 1.807) is 18.2 Å². The lowest BCUT2D eigenvalue weighted by Crippen LogP contribution is -2.25. The Kier molecular flexibility index (Phi) is 5.29. The number of anilines is 1. The lowest BCUT2D eigenvalue weighted by Gasteiger charge is -2.09. The normalized spacial score (nSPS) is 10.0.